The molecule has 0 aliphatic rings. The second kappa shape index (κ2) is 5.25. The molecule has 2 heterocycles. The average Bonchev–Trinajstić information content (AvgIpc) is 2.84. The van der Waals surface area contributed by atoms with Gasteiger partial charge in [-0.05, 0) is 19.1 Å². The molecule has 0 atom stereocenters. The number of hydrogen-bond acceptors (Lipinski definition) is 4. The lowest BCUT2D eigenvalue weighted by Gasteiger charge is -2.08. The summed E-state index contributed by atoms with van der Waals surface area (Å²) in [5.74, 6) is 0.519. The number of hydrogen-bond donors (Lipinski definition) is 0. The Hall–Kier alpha value is -2.17. The number of carbonyl (C=O) groups is 1. The Labute approximate surface area is 99.1 Å². The summed E-state index contributed by atoms with van der Waals surface area (Å²) >= 11 is 0. The summed E-state index contributed by atoms with van der Waals surface area (Å²) in [7, 11) is 0. The molecule has 0 saturated carbocycles. The zero-order chi connectivity index (χ0) is 12.1. The molecule has 0 spiro atoms. The lowest BCUT2D eigenvalue weighted by atomic mass is 10.3. The first-order chi connectivity index (χ1) is 8.29. The second-order valence-electron chi connectivity index (χ2n) is 3.60. The van der Waals surface area contributed by atoms with Crippen LogP contribution in [0.15, 0.2) is 30.9 Å². The van der Waals surface area contributed by atoms with Crippen LogP contribution in [0.4, 0.5) is 0 Å². The molecule has 2 aromatic heterocycles. The van der Waals surface area contributed by atoms with Crippen molar-refractivity contribution >= 4 is 6.29 Å². The van der Waals surface area contributed by atoms with Gasteiger partial charge < -0.3 is 9.30 Å². The molecule has 17 heavy (non-hydrogen) atoms. The van der Waals surface area contributed by atoms with Crippen LogP contribution in [0.25, 0.3) is 0 Å². The van der Waals surface area contributed by atoms with E-state index in [1.54, 1.807) is 18.6 Å². The zero-order valence-electron chi connectivity index (χ0n) is 9.54. The SMILES string of the molecule is Cc1ccc(OCCn2ccnc2)c(C=O)n1. The molecule has 88 valence electrons. The van der Waals surface area contributed by atoms with Crippen LogP contribution in [0.2, 0.25) is 0 Å². The molecule has 0 N–H and O–H groups in total. The van der Waals surface area contributed by atoms with Crippen molar-refractivity contribution < 1.29 is 9.53 Å². The lowest BCUT2D eigenvalue weighted by molar-refractivity contribution is 0.111. The standard InChI is InChI=1S/C12H13N3O2/c1-10-2-3-12(11(8-16)14-10)17-7-6-15-5-4-13-9-15/h2-5,8-9H,6-7H2,1H3. The van der Waals surface area contributed by atoms with Gasteiger partial charge in [0.2, 0.25) is 0 Å². The second-order valence-corrected chi connectivity index (χ2v) is 3.60. The predicted octanol–water partition coefficient (Wildman–Crippen LogP) is 1.48. The minimum Gasteiger partial charge on any atom is -0.489 e. The molecular weight excluding hydrogens is 218 g/mol. The van der Waals surface area contributed by atoms with Gasteiger partial charge in [0.05, 0.1) is 12.9 Å². The summed E-state index contributed by atoms with van der Waals surface area (Å²) in [6.45, 7) is 3.00. The van der Waals surface area contributed by atoms with Crippen molar-refractivity contribution in [2.75, 3.05) is 6.61 Å². The summed E-state index contributed by atoms with van der Waals surface area (Å²) in [4.78, 5) is 18.8. The molecule has 0 bridgehead atoms. The topological polar surface area (TPSA) is 57.0 Å². The van der Waals surface area contributed by atoms with Gasteiger partial charge in [0.1, 0.15) is 18.1 Å². The molecular formula is C12H13N3O2. The smallest absolute Gasteiger partial charge is 0.172 e. The highest BCUT2D eigenvalue weighted by atomic mass is 16.5. The van der Waals surface area contributed by atoms with Crippen LogP contribution in [-0.2, 0) is 6.54 Å². The Bertz CT molecular complexity index is 494. The summed E-state index contributed by atoms with van der Waals surface area (Å²) in [6.07, 6.45) is 6.00. The van der Waals surface area contributed by atoms with Crippen LogP contribution in [0.5, 0.6) is 5.75 Å². The van der Waals surface area contributed by atoms with Gasteiger partial charge in [-0.3, -0.25) is 4.79 Å². The fourth-order valence-corrected chi connectivity index (χ4v) is 1.45. The maximum absolute atomic E-state index is 10.8. The molecule has 5 heteroatoms. The molecule has 0 unspecified atom stereocenters. The molecule has 2 rings (SSSR count). The van der Waals surface area contributed by atoms with Gasteiger partial charge in [-0.25, -0.2) is 9.97 Å². The fraction of sp³-hybridized carbons (Fsp3) is 0.250. The van der Waals surface area contributed by atoms with Gasteiger partial charge in [0, 0.05) is 18.1 Å². The van der Waals surface area contributed by atoms with Crippen LogP contribution >= 0.6 is 0 Å². The number of nitrogens with zero attached hydrogens (tertiary/aromatic N) is 3. The molecule has 2 aromatic rings. The van der Waals surface area contributed by atoms with E-state index in [-0.39, 0.29) is 0 Å². The van der Waals surface area contributed by atoms with E-state index < -0.39 is 0 Å². The Kier molecular flexibility index (Phi) is 3.49. The highest BCUT2D eigenvalue weighted by molar-refractivity contribution is 5.76. The van der Waals surface area contributed by atoms with Gasteiger partial charge in [-0.1, -0.05) is 0 Å². The summed E-state index contributed by atoms with van der Waals surface area (Å²) in [6, 6.07) is 3.58. The summed E-state index contributed by atoms with van der Waals surface area (Å²) in [5.41, 5.74) is 1.14. The first-order valence-corrected chi connectivity index (χ1v) is 5.31. The molecule has 5 nitrogen and oxygen atoms in total. The van der Waals surface area contributed by atoms with Gasteiger partial charge in [-0.15, -0.1) is 0 Å². The van der Waals surface area contributed by atoms with Crippen molar-refractivity contribution in [1.82, 2.24) is 14.5 Å². The largest absolute Gasteiger partial charge is 0.489 e. The molecule has 0 aliphatic carbocycles. The maximum atomic E-state index is 10.8. The molecule has 0 aliphatic heterocycles. The number of ether oxygens (including phenoxy) is 1. The number of carbonyl (C=O) groups excluding carboxylic acids is 1. The normalized spacial score (nSPS) is 10.2. The van der Waals surface area contributed by atoms with Crippen molar-refractivity contribution in [3.05, 3.63) is 42.2 Å². The Morgan fingerprint density at radius 2 is 2.35 bits per heavy atom. The van der Waals surface area contributed by atoms with E-state index >= 15 is 0 Å². The maximum Gasteiger partial charge on any atom is 0.172 e. The van der Waals surface area contributed by atoms with Gasteiger partial charge >= 0.3 is 0 Å². The Morgan fingerprint density at radius 3 is 3.06 bits per heavy atom. The van der Waals surface area contributed by atoms with Crippen molar-refractivity contribution in [3.63, 3.8) is 0 Å². The van der Waals surface area contributed by atoms with Crippen molar-refractivity contribution in [2.24, 2.45) is 0 Å². The van der Waals surface area contributed by atoms with Crippen LogP contribution in [0.3, 0.4) is 0 Å². The van der Waals surface area contributed by atoms with Crippen LogP contribution in [0, 0.1) is 6.92 Å². The van der Waals surface area contributed by atoms with Gasteiger partial charge in [-0.2, -0.15) is 0 Å². The molecule has 0 aromatic carbocycles. The highest BCUT2D eigenvalue weighted by Gasteiger charge is 2.04. The molecule has 0 saturated heterocycles. The number of rotatable bonds is 5. The third kappa shape index (κ3) is 2.90. The van der Waals surface area contributed by atoms with E-state index in [1.165, 1.54) is 0 Å². The highest BCUT2D eigenvalue weighted by Crippen LogP contribution is 2.14. The third-order valence-corrected chi connectivity index (χ3v) is 2.30. The number of aromatic nitrogens is 3. The van der Waals surface area contributed by atoms with Crippen LogP contribution < -0.4 is 4.74 Å². The third-order valence-electron chi connectivity index (χ3n) is 2.30. The van der Waals surface area contributed by atoms with Gasteiger partial charge in [0.15, 0.2) is 6.29 Å². The summed E-state index contributed by atoms with van der Waals surface area (Å²) < 4.78 is 7.42. The van der Waals surface area contributed by atoms with E-state index in [4.69, 9.17) is 4.74 Å². The van der Waals surface area contributed by atoms with Crippen LogP contribution in [-0.4, -0.2) is 27.4 Å². The van der Waals surface area contributed by atoms with E-state index in [0.29, 0.717) is 30.9 Å². The Morgan fingerprint density at radius 1 is 1.47 bits per heavy atom. The van der Waals surface area contributed by atoms with Crippen LogP contribution in [0.1, 0.15) is 16.2 Å². The lowest BCUT2D eigenvalue weighted by Crippen LogP contribution is -2.08. The van der Waals surface area contributed by atoms with E-state index in [1.807, 2.05) is 23.8 Å². The summed E-state index contributed by atoms with van der Waals surface area (Å²) in [5, 5.41) is 0. The van der Waals surface area contributed by atoms with Crippen molar-refractivity contribution in [1.29, 1.82) is 0 Å². The first kappa shape index (κ1) is 11.3. The van der Waals surface area contributed by atoms with Gasteiger partial charge in [0.25, 0.3) is 0 Å². The van der Waals surface area contributed by atoms with Crippen molar-refractivity contribution in [2.45, 2.75) is 13.5 Å². The first-order valence-electron chi connectivity index (χ1n) is 5.31. The van der Waals surface area contributed by atoms with Crippen molar-refractivity contribution in [3.8, 4) is 5.75 Å². The number of imidazole rings is 1. The van der Waals surface area contributed by atoms with E-state index in [9.17, 15) is 4.79 Å². The van der Waals surface area contributed by atoms with E-state index in [0.717, 1.165) is 5.69 Å². The fourth-order valence-electron chi connectivity index (χ4n) is 1.45. The minimum atomic E-state index is 0.343. The zero-order valence-corrected chi connectivity index (χ0v) is 9.54. The number of aldehydes is 1. The molecule has 0 amide bonds. The van der Waals surface area contributed by atoms with E-state index in [2.05, 4.69) is 9.97 Å². The number of pyridine rings is 1. The molecule has 0 radical (unpaired) electrons. The average molecular weight is 231 g/mol. The molecule has 0 fully saturated rings. The Balaban J connectivity index is 1.96. The monoisotopic (exact) mass is 231 g/mol. The predicted molar refractivity (Wildman–Crippen MR) is 62.1 cm³/mol. The number of aryl methyl sites for hydroxylation is 1. The quantitative estimate of drug-likeness (QED) is 0.731. The minimum absolute atomic E-state index is 0.343.